The number of rotatable bonds is 7. The molecule has 0 spiro atoms. The van der Waals surface area contributed by atoms with Crippen LogP contribution in [-0.4, -0.2) is 42.3 Å². The lowest BCUT2D eigenvalue weighted by atomic mass is 10.1. The van der Waals surface area contributed by atoms with Crippen molar-refractivity contribution < 1.29 is 27.4 Å². The highest BCUT2D eigenvalue weighted by atomic mass is 19.4. The number of amides is 1. The van der Waals surface area contributed by atoms with Crippen LogP contribution in [0.2, 0.25) is 0 Å². The van der Waals surface area contributed by atoms with Crippen LogP contribution in [0.25, 0.3) is 10.9 Å². The Bertz CT molecular complexity index is 952. The molecule has 1 amide bonds. The van der Waals surface area contributed by atoms with Crippen LogP contribution in [0.3, 0.4) is 0 Å². The van der Waals surface area contributed by atoms with Gasteiger partial charge in [0, 0.05) is 35.9 Å². The average molecular weight is 393 g/mol. The summed E-state index contributed by atoms with van der Waals surface area (Å²) in [6.07, 6.45) is -0.786. The van der Waals surface area contributed by atoms with E-state index in [4.69, 9.17) is 4.74 Å². The van der Waals surface area contributed by atoms with Crippen LogP contribution in [-0.2, 0) is 6.42 Å². The van der Waals surface area contributed by atoms with Crippen molar-refractivity contribution in [3.63, 3.8) is 0 Å². The molecular weight excluding hydrogens is 375 g/mol. The fraction of sp³-hybridized carbons (Fsp3) is 0.263. The number of aromatic amines is 1. The molecule has 0 saturated carbocycles. The summed E-state index contributed by atoms with van der Waals surface area (Å²) in [5, 5.41) is 3.78. The van der Waals surface area contributed by atoms with Gasteiger partial charge in [0.1, 0.15) is 5.75 Å². The lowest BCUT2D eigenvalue weighted by molar-refractivity contribution is -0.154. The van der Waals surface area contributed by atoms with Crippen molar-refractivity contribution in [3.8, 4) is 11.6 Å². The number of carbonyl (C=O) groups excluding carboxylic acids is 1. The van der Waals surface area contributed by atoms with E-state index < -0.39 is 12.8 Å². The molecule has 9 heteroatoms. The van der Waals surface area contributed by atoms with Crippen LogP contribution < -0.4 is 14.8 Å². The van der Waals surface area contributed by atoms with E-state index in [2.05, 4.69) is 20.0 Å². The second kappa shape index (κ2) is 8.20. The van der Waals surface area contributed by atoms with Crippen LogP contribution in [0.1, 0.15) is 15.9 Å². The van der Waals surface area contributed by atoms with Crippen LogP contribution in [0.5, 0.6) is 11.6 Å². The quantitative estimate of drug-likeness (QED) is 0.644. The van der Waals surface area contributed by atoms with Gasteiger partial charge in [0.15, 0.2) is 6.61 Å². The highest BCUT2D eigenvalue weighted by Crippen LogP contribution is 2.23. The number of nitrogens with one attached hydrogen (secondary N) is 2. The zero-order valence-electron chi connectivity index (χ0n) is 15.0. The number of pyridine rings is 1. The molecule has 0 bridgehead atoms. The highest BCUT2D eigenvalue weighted by molar-refractivity contribution is 5.94. The Morgan fingerprint density at radius 2 is 2.07 bits per heavy atom. The van der Waals surface area contributed by atoms with E-state index in [0.29, 0.717) is 13.0 Å². The van der Waals surface area contributed by atoms with Gasteiger partial charge in [-0.25, -0.2) is 4.98 Å². The smallest absolute Gasteiger partial charge is 0.422 e. The van der Waals surface area contributed by atoms with Gasteiger partial charge in [-0.3, -0.25) is 4.79 Å². The van der Waals surface area contributed by atoms with Gasteiger partial charge in [-0.15, -0.1) is 0 Å². The topological polar surface area (TPSA) is 76.2 Å². The molecule has 28 heavy (non-hydrogen) atoms. The molecule has 0 aliphatic carbocycles. The maximum Gasteiger partial charge on any atom is 0.422 e. The number of methoxy groups -OCH3 is 1. The maximum atomic E-state index is 12.2. The zero-order chi connectivity index (χ0) is 20.1. The number of hydrogen-bond acceptors (Lipinski definition) is 4. The molecule has 0 atom stereocenters. The molecule has 3 rings (SSSR count). The third-order valence-electron chi connectivity index (χ3n) is 4.04. The summed E-state index contributed by atoms with van der Waals surface area (Å²) < 4.78 is 46.1. The Kier molecular flexibility index (Phi) is 5.72. The number of nitrogens with zero attached hydrogens (tertiary/aromatic N) is 1. The number of H-pyrrole nitrogens is 1. The first-order chi connectivity index (χ1) is 13.4. The van der Waals surface area contributed by atoms with Gasteiger partial charge in [0.2, 0.25) is 5.88 Å². The van der Waals surface area contributed by atoms with E-state index in [-0.39, 0.29) is 17.4 Å². The van der Waals surface area contributed by atoms with E-state index in [1.807, 2.05) is 24.4 Å². The minimum atomic E-state index is -4.44. The van der Waals surface area contributed by atoms with Crippen molar-refractivity contribution in [1.82, 2.24) is 15.3 Å². The Balaban J connectivity index is 1.54. The minimum absolute atomic E-state index is 0.193. The van der Waals surface area contributed by atoms with Crippen molar-refractivity contribution >= 4 is 16.8 Å². The molecule has 148 valence electrons. The summed E-state index contributed by atoms with van der Waals surface area (Å²) in [5.74, 6) is 0.185. The number of halogens is 3. The molecule has 0 aliphatic rings. The van der Waals surface area contributed by atoms with Gasteiger partial charge in [-0.05, 0) is 36.2 Å². The fourth-order valence-electron chi connectivity index (χ4n) is 2.66. The van der Waals surface area contributed by atoms with E-state index in [1.54, 1.807) is 7.11 Å². The van der Waals surface area contributed by atoms with E-state index in [0.717, 1.165) is 22.2 Å². The average Bonchev–Trinajstić information content (AvgIpc) is 3.08. The predicted molar refractivity (Wildman–Crippen MR) is 96.7 cm³/mol. The molecule has 6 nitrogen and oxygen atoms in total. The van der Waals surface area contributed by atoms with E-state index >= 15 is 0 Å². The van der Waals surface area contributed by atoms with Gasteiger partial charge >= 0.3 is 6.18 Å². The Morgan fingerprint density at radius 3 is 2.75 bits per heavy atom. The second-order valence-electron chi connectivity index (χ2n) is 6.02. The zero-order valence-corrected chi connectivity index (χ0v) is 15.0. The lowest BCUT2D eigenvalue weighted by Gasteiger charge is -2.09. The maximum absolute atomic E-state index is 12.2. The largest absolute Gasteiger partial charge is 0.497 e. The van der Waals surface area contributed by atoms with E-state index in [1.165, 1.54) is 18.3 Å². The van der Waals surface area contributed by atoms with E-state index in [9.17, 15) is 18.0 Å². The van der Waals surface area contributed by atoms with Crippen LogP contribution in [0.15, 0.2) is 42.7 Å². The molecule has 2 N–H and O–H groups in total. The van der Waals surface area contributed by atoms with Crippen LogP contribution >= 0.6 is 0 Å². The third-order valence-corrected chi connectivity index (χ3v) is 4.04. The molecule has 0 fully saturated rings. The molecule has 0 aliphatic heterocycles. The Morgan fingerprint density at radius 1 is 1.25 bits per heavy atom. The molecule has 1 aromatic carbocycles. The lowest BCUT2D eigenvalue weighted by Crippen LogP contribution is -2.25. The predicted octanol–water partition coefficient (Wildman–Crippen LogP) is 3.49. The number of fused-ring (bicyclic) bond motifs is 1. The molecular formula is C19H18F3N3O3. The summed E-state index contributed by atoms with van der Waals surface area (Å²) in [4.78, 5) is 19.1. The fourth-order valence-corrected chi connectivity index (χ4v) is 2.66. The van der Waals surface area contributed by atoms with Gasteiger partial charge in [0.25, 0.3) is 5.91 Å². The SMILES string of the molecule is COc1ccc2[nH]cc(CCNC(=O)c3ccc(OCC(F)(F)F)nc3)c2c1. The molecule has 0 unspecified atom stereocenters. The van der Waals surface area contributed by atoms with Gasteiger partial charge in [-0.1, -0.05) is 0 Å². The molecule has 2 heterocycles. The molecule has 0 radical (unpaired) electrons. The van der Waals surface area contributed by atoms with Crippen molar-refractivity contribution in [3.05, 3.63) is 53.9 Å². The number of aromatic nitrogens is 2. The number of hydrogen-bond donors (Lipinski definition) is 2. The number of carbonyl (C=O) groups is 1. The minimum Gasteiger partial charge on any atom is -0.497 e. The Hall–Kier alpha value is -3.23. The third kappa shape index (κ3) is 4.93. The molecule has 3 aromatic rings. The number of alkyl halides is 3. The van der Waals surface area contributed by atoms with Gasteiger partial charge < -0.3 is 19.8 Å². The van der Waals surface area contributed by atoms with Crippen molar-refractivity contribution in [2.75, 3.05) is 20.3 Å². The van der Waals surface area contributed by atoms with Crippen molar-refractivity contribution in [2.24, 2.45) is 0 Å². The van der Waals surface area contributed by atoms with Crippen LogP contribution in [0.4, 0.5) is 13.2 Å². The summed E-state index contributed by atoms with van der Waals surface area (Å²) in [6.45, 7) is -1.05. The second-order valence-corrected chi connectivity index (χ2v) is 6.02. The summed E-state index contributed by atoms with van der Waals surface area (Å²) in [7, 11) is 1.60. The first kappa shape index (κ1) is 19.5. The summed E-state index contributed by atoms with van der Waals surface area (Å²) >= 11 is 0. The normalized spacial score (nSPS) is 11.4. The number of ether oxygens (including phenoxy) is 2. The first-order valence-electron chi connectivity index (χ1n) is 8.43. The first-order valence-corrected chi connectivity index (χ1v) is 8.43. The summed E-state index contributed by atoms with van der Waals surface area (Å²) in [5.41, 5.74) is 2.24. The van der Waals surface area contributed by atoms with Crippen molar-refractivity contribution in [2.45, 2.75) is 12.6 Å². The van der Waals surface area contributed by atoms with Gasteiger partial charge in [-0.2, -0.15) is 13.2 Å². The molecule has 0 saturated heterocycles. The highest BCUT2D eigenvalue weighted by Gasteiger charge is 2.28. The van der Waals surface area contributed by atoms with Crippen molar-refractivity contribution in [1.29, 1.82) is 0 Å². The standard InChI is InChI=1S/C19H18F3N3O3/c1-27-14-3-4-16-15(8-14)12(9-24-16)6-7-23-18(26)13-2-5-17(25-10-13)28-11-19(20,21)22/h2-5,8-10,24H,6-7,11H2,1H3,(H,23,26). The number of benzene rings is 1. The van der Waals surface area contributed by atoms with Gasteiger partial charge in [0.05, 0.1) is 12.7 Å². The monoisotopic (exact) mass is 393 g/mol. The Labute approximate surface area is 158 Å². The summed E-state index contributed by atoms with van der Waals surface area (Å²) in [6, 6.07) is 8.30. The van der Waals surface area contributed by atoms with Crippen LogP contribution in [0, 0.1) is 0 Å². The molecule has 2 aromatic heterocycles.